The SMILES string of the molecule is CCNCc1cnc(N2CCSC(C)C2C)s1. The van der Waals surface area contributed by atoms with E-state index in [-0.39, 0.29) is 0 Å². The van der Waals surface area contributed by atoms with Crippen LogP contribution in [0.3, 0.4) is 0 Å². The number of rotatable bonds is 4. The minimum Gasteiger partial charge on any atom is -0.343 e. The van der Waals surface area contributed by atoms with Gasteiger partial charge in [-0.05, 0) is 13.5 Å². The minimum atomic E-state index is 0.590. The van der Waals surface area contributed by atoms with Gasteiger partial charge >= 0.3 is 0 Å². The molecule has 5 heteroatoms. The van der Waals surface area contributed by atoms with Crippen LogP contribution >= 0.6 is 23.1 Å². The van der Waals surface area contributed by atoms with Crippen molar-refractivity contribution in [3.05, 3.63) is 11.1 Å². The molecule has 1 N–H and O–H groups in total. The highest BCUT2D eigenvalue weighted by Crippen LogP contribution is 2.31. The zero-order valence-corrected chi connectivity index (χ0v) is 12.4. The Balaban J connectivity index is 2.03. The minimum absolute atomic E-state index is 0.590. The van der Waals surface area contributed by atoms with Gasteiger partial charge in [-0.25, -0.2) is 4.98 Å². The Hall–Kier alpha value is -0.260. The van der Waals surface area contributed by atoms with Crippen LogP contribution < -0.4 is 10.2 Å². The Kier molecular flexibility index (Phi) is 4.70. The molecule has 0 bridgehead atoms. The molecular formula is C12H21N3S2. The summed E-state index contributed by atoms with van der Waals surface area (Å²) in [6.45, 7) is 9.84. The fourth-order valence-electron chi connectivity index (χ4n) is 1.96. The molecule has 2 rings (SSSR count). The predicted octanol–water partition coefficient (Wildman–Crippen LogP) is 2.58. The number of thioether (sulfide) groups is 1. The van der Waals surface area contributed by atoms with Gasteiger partial charge in [0.25, 0.3) is 0 Å². The largest absolute Gasteiger partial charge is 0.343 e. The first-order chi connectivity index (χ1) is 8.22. The fourth-order valence-corrected chi connectivity index (χ4v) is 4.06. The van der Waals surface area contributed by atoms with E-state index < -0.39 is 0 Å². The molecule has 3 nitrogen and oxygen atoms in total. The normalized spacial score (nSPS) is 25.2. The summed E-state index contributed by atoms with van der Waals surface area (Å²) in [5.41, 5.74) is 0. The van der Waals surface area contributed by atoms with E-state index in [1.165, 1.54) is 15.8 Å². The van der Waals surface area contributed by atoms with Crippen LogP contribution in [0.4, 0.5) is 5.13 Å². The lowest BCUT2D eigenvalue weighted by molar-refractivity contribution is 0.626. The van der Waals surface area contributed by atoms with Crippen LogP contribution in [0.25, 0.3) is 0 Å². The van der Waals surface area contributed by atoms with Crippen molar-refractivity contribution in [2.45, 2.75) is 38.6 Å². The van der Waals surface area contributed by atoms with E-state index in [9.17, 15) is 0 Å². The van der Waals surface area contributed by atoms with E-state index in [2.05, 4.69) is 47.7 Å². The van der Waals surface area contributed by atoms with Crippen molar-refractivity contribution in [1.29, 1.82) is 0 Å². The third-order valence-corrected chi connectivity index (χ3v) is 5.59. The predicted molar refractivity (Wildman–Crippen MR) is 78.2 cm³/mol. The standard InChI is InChI=1S/C12H21N3S2/c1-4-13-7-11-8-14-12(17-11)15-5-6-16-10(3)9(15)2/h8-10,13H,4-7H2,1-3H3. The Morgan fingerprint density at radius 1 is 1.53 bits per heavy atom. The molecule has 17 heavy (non-hydrogen) atoms. The molecule has 0 radical (unpaired) electrons. The van der Waals surface area contributed by atoms with Crippen LogP contribution in [0.15, 0.2) is 6.20 Å². The van der Waals surface area contributed by atoms with Gasteiger partial charge in [0.05, 0.1) is 0 Å². The first kappa shape index (κ1) is 13.2. The second-order valence-electron chi connectivity index (χ2n) is 4.40. The summed E-state index contributed by atoms with van der Waals surface area (Å²) >= 11 is 3.90. The maximum Gasteiger partial charge on any atom is 0.185 e. The molecule has 2 atom stereocenters. The summed E-state index contributed by atoms with van der Waals surface area (Å²) in [6, 6.07) is 0.590. The van der Waals surface area contributed by atoms with Gasteiger partial charge in [0.2, 0.25) is 0 Å². The van der Waals surface area contributed by atoms with Crippen LogP contribution in [0.2, 0.25) is 0 Å². The van der Waals surface area contributed by atoms with Crippen molar-refractivity contribution < 1.29 is 0 Å². The second-order valence-corrected chi connectivity index (χ2v) is 6.98. The van der Waals surface area contributed by atoms with E-state index in [0.717, 1.165) is 19.6 Å². The van der Waals surface area contributed by atoms with Crippen molar-refractivity contribution in [1.82, 2.24) is 10.3 Å². The quantitative estimate of drug-likeness (QED) is 0.911. The molecule has 2 unspecified atom stereocenters. The molecule has 0 aromatic carbocycles. The topological polar surface area (TPSA) is 28.2 Å². The summed E-state index contributed by atoms with van der Waals surface area (Å²) in [4.78, 5) is 8.37. The van der Waals surface area contributed by atoms with Crippen LogP contribution in [0, 0.1) is 0 Å². The molecule has 0 saturated carbocycles. The van der Waals surface area contributed by atoms with Crippen LogP contribution in [0.1, 0.15) is 25.6 Å². The van der Waals surface area contributed by atoms with E-state index >= 15 is 0 Å². The second kappa shape index (κ2) is 6.07. The Morgan fingerprint density at radius 3 is 3.12 bits per heavy atom. The molecule has 0 amide bonds. The lowest BCUT2D eigenvalue weighted by Crippen LogP contribution is -2.44. The number of anilines is 1. The Morgan fingerprint density at radius 2 is 2.35 bits per heavy atom. The fraction of sp³-hybridized carbons (Fsp3) is 0.750. The van der Waals surface area contributed by atoms with Gasteiger partial charge in [-0.2, -0.15) is 11.8 Å². The van der Waals surface area contributed by atoms with Gasteiger partial charge in [-0.3, -0.25) is 0 Å². The molecule has 1 saturated heterocycles. The molecule has 96 valence electrons. The number of thiazole rings is 1. The molecule has 0 aliphatic carbocycles. The summed E-state index contributed by atoms with van der Waals surface area (Å²) in [5.74, 6) is 1.22. The molecule has 1 fully saturated rings. The van der Waals surface area contributed by atoms with Gasteiger partial charge < -0.3 is 10.2 Å². The average Bonchev–Trinajstić information content (AvgIpc) is 2.78. The van der Waals surface area contributed by atoms with E-state index in [4.69, 9.17) is 0 Å². The van der Waals surface area contributed by atoms with Crippen molar-refractivity contribution in [3.63, 3.8) is 0 Å². The molecule has 1 aliphatic rings. The number of aromatic nitrogens is 1. The van der Waals surface area contributed by atoms with Crippen molar-refractivity contribution in [2.75, 3.05) is 23.7 Å². The first-order valence-electron chi connectivity index (χ1n) is 6.26. The summed E-state index contributed by atoms with van der Waals surface area (Å²) in [5, 5.41) is 5.24. The van der Waals surface area contributed by atoms with Gasteiger partial charge in [-0.1, -0.05) is 13.8 Å². The van der Waals surface area contributed by atoms with E-state index in [0.29, 0.717) is 11.3 Å². The van der Waals surface area contributed by atoms with Gasteiger partial charge in [0, 0.05) is 41.2 Å². The van der Waals surface area contributed by atoms with Gasteiger partial charge in [0.15, 0.2) is 5.13 Å². The van der Waals surface area contributed by atoms with E-state index in [1.54, 1.807) is 0 Å². The molecule has 0 spiro atoms. The molecule has 1 aromatic rings. The number of hydrogen-bond donors (Lipinski definition) is 1. The summed E-state index contributed by atoms with van der Waals surface area (Å²) in [7, 11) is 0. The average molecular weight is 271 g/mol. The number of nitrogens with zero attached hydrogens (tertiary/aromatic N) is 2. The van der Waals surface area contributed by atoms with Gasteiger partial charge in [-0.15, -0.1) is 11.3 Å². The Labute approximate surface area is 112 Å². The smallest absolute Gasteiger partial charge is 0.185 e. The molecule has 2 heterocycles. The highest BCUT2D eigenvalue weighted by atomic mass is 32.2. The maximum absolute atomic E-state index is 4.57. The van der Waals surface area contributed by atoms with Crippen molar-refractivity contribution in [3.8, 4) is 0 Å². The molecule has 1 aromatic heterocycles. The van der Waals surface area contributed by atoms with Crippen molar-refractivity contribution in [2.24, 2.45) is 0 Å². The summed E-state index contributed by atoms with van der Waals surface area (Å²) in [6.07, 6.45) is 2.02. The lowest BCUT2D eigenvalue weighted by atomic mass is 10.2. The number of hydrogen-bond acceptors (Lipinski definition) is 5. The lowest BCUT2D eigenvalue weighted by Gasteiger charge is -2.37. The zero-order valence-electron chi connectivity index (χ0n) is 10.8. The molecule has 1 aliphatic heterocycles. The van der Waals surface area contributed by atoms with Crippen LogP contribution in [-0.2, 0) is 6.54 Å². The van der Waals surface area contributed by atoms with Crippen molar-refractivity contribution >= 4 is 28.2 Å². The monoisotopic (exact) mass is 271 g/mol. The Bertz CT molecular complexity index is 353. The van der Waals surface area contributed by atoms with E-state index in [1.807, 2.05) is 17.5 Å². The number of nitrogens with one attached hydrogen (secondary N) is 1. The highest BCUT2D eigenvalue weighted by Gasteiger charge is 2.26. The highest BCUT2D eigenvalue weighted by molar-refractivity contribution is 8.00. The van der Waals surface area contributed by atoms with Gasteiger partial charge in [0.1, 0.15) is 0 Å². The zero-order chi connectivity index (χ0) is 12.3. The summed E-state index contributed by atoms with van der Waals surface area (Å²) < 4.78 is 0. The first-order valence-corrected chi connectivity index (χ1v) is 8.12. The third-order valence-electron chi connectivity index (χ3n) is 3.22. The maximum atomic E-state index is 4.57. The molecular weight excluding hydrogens is 250 g/mol. The third kappa shape index (κ3) is 3.14. The van der Waals surface area contributed by atoms with Crippen LogP contribution in [-0.4, -0.2) is 35.1 Å². The van der Waals surface area contributed by atoms with Crippen LogP contribution in [0.5, 0.6) is 0 Å².